The average Bonchev–Trinajstić information content (AvgIpc) is 3.29. The van der Waals surface area contributed by atoms with Crippen molar-refractivity contribution in [2.75, 3.05) is 53.2 Å². The van der Waals surface area contributed by atoms with Gasteiger partial charge in [-0.3, -0.25) is 4.79 Å². The SMILES string of the molecule is COCCOCC(=O)N1CCC(Cc2noc(C3CCOCC3)n2)C1. The van der Waals surface area contributed by atoms with Crippen molar-refractivity contribution in [2.45, 2.75) is 31.6 Å². The Morgan fingerprint density at radius 2 is 2.12 bits per heavy atom. The maximum Gasteiger partial charge on any atom is 0.248 e. The molecule has 0 spiro atoms. The summed E-state index contributed by atoms with van der Waals surface area (Å²) in [7, 11) is 1.61. The minimum absolute atomic E-state index is 0.0367. The maximum absolute atomic E-state index is 12.1. The van der Waals surface area contributed by atoms with Crippen LogP contribution in [0.25, 0.3) is 0 Å². The third kappa shape index (κ3) is 5.23. The van der Waals surface area contributed by atoms with Crippen LogP contribution in [0.4, 0.5) is 0 Å². The number of rotatable bonds is 8. The molecule has 1 atom stereocenters. The molecule has 3 heterocycles. The Morgan fingerprint density at radius 1 is 1.28 bits per heavy atom. The van der Waals surface area contributed by atoms with E-state index in [1.54, 1.807) is 7.11 Å². The third-order valence-electron chi connectivity index (χ3n) is 4.82. The van der Waals surface area contributed by atoms with Crippen LogP contribution in [0.2, 0.25) is 0 Å². The molecule has 0 saturated carbocycles. The number of hydrogen-bond donors (Lipinski definition) is 0. The van der Waals surface area contributed by atoms with E-state index in [9.17, 15) is 4.79 Å². The first-order chi connectivity index (χ1) is 12.3. The van der Waals surface area contributed by atoms with E-state index in [0.29, 0.717) is 25.0 Å². The van der Waals surface area contributed by atoms with Gasteiger partial charge in [0.1, 0.15) is 6.61 Å². The molecule has 8 nitrogen and oxygen atoms in total. The topological polar surface area (TPSA) is 86.9 Å². The lowest BCUT2D eigenvalue weighted by molar-refractivity contribution is -0.135. The molecule has 8 heteroatoms. The normalized spacial score (nSPS) is 21.8. The Kier molecular flexibility index (Phi) is 6.77. The number of likely N-dealkylation sites (tertiary alicyclic amines) is 1. The van der Waals surface area contributed by atoms with Crippen molar-refractivity contribution in [1.82, 2.24) is 15.0 Å². The molecule has 0 aliphatic carbocycles. The molecule has 2 aliphatic heterocycles. The van der Waals surface area contributed by atoms with Crippen LogP contribution >= 0.6 is 0 Å². The zero-order valence-electron chi connectivity index (χ0n) is 14.8. The number of hydrogen-bond acceptors (Lipinski definition) is 7. The molecule has 2 saturated heterocycles. The zero-order valence-corrected chi connectivity index (χ0v) is 14.8. The molecule has 2 aliphatic rings. The van der Waals surface area contributed by atoms with Crippen LogP contribution in [0.15, 0.2) is 4.52 Å². The highest BCUT2D eigenvalue weighted by molar-refractivity contribution is 5.77. The first kappa shape index (κ1) is 18.3. The van der Waals surface area contributed by atoms with E-state index in [1.807, 2.05) is 4.90 Å². The molecule has 1 amide bonds. The minimum atomic E-state index is 0.0367. The Balaban J connectivity index is 1.42. The van der Waals surface area contributed by atoms with Gasteiger partial charge in [0.05, 0.1) is 13.2 Å². The van der Waals surface area contributed by atoms with Gasteiger partial charge in [0.15, 0.2) is 5.82 Å². The monoisotopic (exact) mass is 353 g/mol. The van der Waals surface area contributed by atoms with Crippen molar-refractivity contribution in [1.29, 1.82) is 0 Å². The number of carbonyl (C=O) groups excluding carboxylic acids is 1. The van der Waals surface area contributed by atoms with Crippen LogP contribution in [0.1, 0.15) is 36.9 Å². The van der Waals surface area contributed by atoms with E-state index >= 15 is 0 Å². The van der Waals surface area contributed by atoms with Crippen molar-refractivity contribution >= 4 is 5.91 Å². The molecule has 0 aromatic carbocycles. The van der Waals surface area contributed by atoms with E-state index in [-0.39, 0.29) is 12.5 Å². The molecule has 0 N–H and O–H groups in total. The average molecular weight is 353 g/mol. The second-order valence-corrected chi connectivity index (χ2v) is 6.68. The first-order valence-corrected chi connectivity index (χ1v) is 9.01. The molecule has 25 heavy (non-hydrogen) atoms. The van der Waals surface area contributed by atoms with E-state index in [2.05, 4.69) is 10.1 Å². The zero-order chi connectivity index (χ0) is 17.5. The number of nitrogens with zero attached hydrogens (tertiary/aromatic N) is 3. The maximum atomic E-state index is 12.1. The molecule has 3 rings (SSSR count). The first-order valence-electron chi connectivity index (χ1n) is 9.01. The van der Waals surface area contributed by atoms with Crippen molar-refractivity contribution in [3.63, 3.8) is 0 Å². The number of ether oxygens (including phenoxy) is 3. The fourth-order valence-corrected chi connectivity index (χ4v) is 3.34. The lowest BCUT2D eigenvalue weighted by Gasteiger charge is -2.18. The van der Waals surface area contributed by atoms with E-state index in [1.165, 1.54) is 0 Å². The Labute approximate surface area is 147 Å². The van der Waals surface area contributed by atoms with Gasteiger partial charge in [-0.1, -0.05) is 5.16 Å². The van der Waals surface area contributed by atoms with Crippen LogP contribution < -0.4 is 0 Å². The lowest BCUT2D eigenvalue weighted by atomic mass is 10.0. The molecular formula is C17H27N3O5. The van der Waals surface area contributed by atoms with Crippen LogP contribution in [-0.2, 0) is 25.4 Å². The summed E-state index contributed by atoms with van der Waals surface area (Å²) in [6.45, 7) is 4.07. The van der Waals surface area contributed by atoms with Gasteiger partial charge in [0, 0.05) is 45.8 Å². The van der Waals surface area contributed by atoms with Crippen LogP contribution in [0.3, 0.4) is 0 Å². The largest absolute Gasteiger partial charge is 0.382 e. The molecule has 0 bridgehead atoms. The second kappa shape index (κ2) is 9.26. The van der Waals surface area contributed by atoms with Crippen LogP contribution in [0, 0.1) is 5.92 Å². The van der Waals surface area contributed by atoms with Crippen molar-refractivity contribution in [2.24, 2.45) is 5.92 Å². The Morgan fingerprint density at radius 3 is 2.92 bits per heavy atom. The van der Waals surface area contributed by atoms with Crippen LogP contribution in [0.5, 0.6) is 0 Å². The summed E-state index contributed by atoms with van der Waals surface area (Å²) in [6, 6.07) is 0. The predicted octanol–water partition coefficient (Wildman–Crippen LogP) is 1.02. The standard InChI is InChI=1S/C17H27N3O5/c1-22-8-9-24-12-16(21)20-5-2-13(11-20)10-15-18-17(25-19-15)14-3-6-23-7-4-14/h13-14H,2-12H2,1H3. The molecule has 1 aromatic rings. The molecule has 1 aromatic heterocycles. The summed E-state index contributed by atoms with van der Waals surface area (Å²) >= 11 is 0. The molecule has 140 valence electrons. The molecular weight excluding hydrogens is 326 g/mol. The molecule has 1 unspecified atom stereocenters. The number of amides is 1. The van der Waals surface area contributed by atoms with Gasteiger partial charge in [0.25, 0.3) is 0 Å². The summed E-state index contributed by atoms with van der Waals surface area (Å²) in [5, 5.41) is 4.13. The highest BCUT2D eigenvalue weighted by Crippen LogP contribution is 2.26. The second-order valence-electron chi connectivity index (χ2n) is 6.68. The predicted molar refractivity (Wildman–Crippen MR) is 88.2 cm³/mol. The molecule has 2 fully saturated rings. The third-order valence-corrected chi connectivity index (χ3v) is 4.82. The highest BCUT2D eigenvalue weighted by Gasteiger charge is 2.28. The van der Waals surface area contributed by atoms with Crippen molar-refractivity contribution in [3.05, 3.63) is 11.7 Å². The van der Waals surface area contributed by atoms with E-state index in [4.69, 9.17) is 18.7 Å². The minimum Gasteiger partial charge on any atom is -0.382 e. The summed E-state index contributed by atoms with van der Waals surface area (Å²) in [6.07, 6.45) is 3.60. The number of aromatic nitrogens is 2. The lowest BCUT2D eigenvalue weighted by Crippen LogP contribution is -2.32. The number of carbonyl (C=O) groups is 1. The number of methoxy groups -OCH3 is 1. The van der Waals surface area contributed by atoms with Gasteiger partial charge in [-0.05, 0) is 25.2 Å². The van der Waals surface area contributed by atoms with Crippen molar-refractivity contribution < 1.29 is 23.5 Å². The van der Waals surface area contributed by atoms with Crippen LogP contribution in [-0.4, -0.2) is 74.2 Å². The van der Waals surface area contributed by atoms with E-state index < -0.39 is 0 Å². The van der Waals surface area contributed by atoms with Crippen molar-refractivity contribution in [3.8, 4) is 0 Å². The highest BCUT2D eigenvalue weighted by atomic mass is 16.5. The molecule has 0 radical (unpaired) electrons. The Hall–Kier alpha value is -1.51. The fourth-order valence-electron chi connectivity index (χ4n) is 3.34. The Bertz CT molecular complexity index is 544. The van der Waals surface area contributed by atoms with Gasteiger partial charge in [-0.15, -0.1) is 0 Å². The summed E-state index contributed by atoms with van der Waals surface area (Å²) < 4.78 is 21.0. The van der Waals surface area contributed by atoms with E-state index in [0.717, 1.165) is 63.7 Å². The van der Waals surface area contributed by atoms with Gasteiger partial charge < -0.3 is 23.6 Å². The summed E-state index contributed by atoms with van der Waals surface area (Å²) in [5.41, 5.74) is 0. The van der Waals surface area contributed by atoms with Gasteiger partial charge in [0.2, 0.25) is 11.8 Å². The van der Waals surface area contributed by atoms with Gasteiger partial charge in [-0.2, -0.15) is 4.98 Å². The fraction of sp³-hybridized carbons (Fsp3) is 0.824. The summed E-state index contributed by atoms with van der Waals surface area (Å²) in [4.78, 5) is 18.5. The van der Waals surface area contributed by atoms with Gasteiger partial charge >= 0.3 is 0 Å². The quantitative estimate of drug-likeness (QED) is 0.645. The van der Waals surface area contributed by atoms with Gasteiger partial charge in [-0.25, -0.2) is 0 Å². The summed E-state index contributed by atoms with van der Waals surface area (Å²) in [5.74, 6) is 2.21. The smallest absolute Gasteiger partial charge is 0.248 e.